The minimum atomic E-state index is -1.77. The Bertz CT molecular complexity index is 327. The molecular weight excluding hydrogens is 256 g/mol. The van der Waals surface area contributed by atoms with Crippen LogP contribution < -0.4 is 0 Å². The van der Waals surface area contributed by atoms with E-state index >= 15 is 0 Å². The lowest BCUT2D eigenvalue weighted by atomic mass is 10.3. The fourth-order valence-electron chi connectivity index (χ4n) is 0.779. The molecule has 1 rings (SSSR count). The zero-order chi connectivity index (χ0) is 14.2. The highest BCUT2D eigenvalue weighted by atomic mass is 32.2. The van der Waals surface area contributed by atoms with Crippen LogP contribution in [0.5, 0.6) is 5.75 Å². The molecule has 0 saturated heterocycles. The minimum Gasteiger partial charge on any atom is -0.503 e. The number of aromatic hydroxyl groups is 1. The van der Waals surface area contributed by atoms with Gasteiger partial charge >= 0.3 is 0 Å². The van der Waals surface area contributed by atoms with Crippen LogP contribution in [0, 0.1) is 23.3 Å². The maximum Gasteiger partial charge on any atom is 0.204 e. The average Bonchev–Trinajstić information content (AvgIpc) is 2.39. The third-order valence-corrected chi connectivity index (χ3v) is 2.17. The molecule has 0 amide bonds. The molecule has 0 heterocycles. The van der Waals surface area contributed by atoms with Crippen LogP contribution in [0.25, 0.3) is 0 Å². The molecule has 0 spiro atoms. The van der Waals surface area contributed by atoms with Crippen molar-refractivity contribution in [3.05, 3.63) is 23.3 Å². The van der Waals surface area contributed by atoms with Crippen molar-refractivity contribution in [2.24, 2.45) is 0 Å². The normalized spacial score (nSPS) is 8.76. The quantitative estimate of drug-likeness (QED) is 0.453. The second-order valence-electron chi connectivity index (χ2n) is 2.14. The summed E-state index contributed by atoms with van der Waals surface area (Å²) in [7, 11) is 0. The lowest BCUT2D eigenvalue weighted by Crippen LogP contribution is -1.98. The Morgan fingerprint density at radius 2 is 1.06 bits per heavy atom. The van der Waals surface area contributed by atoms with Crippen LogP contribution in [0.3, 0.4) is 0 Å². The van der Waals surface area contributed by atoms with Crippen molar-refractivity contribution in [3.8, 4) is 5.75 Å². The largest absolute Gasteiger partial charge is 0.503 e. The molecule has 0 radical (unpaired) electrons. The van der Waals surface area contributed by atoms with Gasteiger partial charge in [-0.3, -0.25) is 0 Å². The molecule has 0 aliphatic heterocycles. The van der Waals surface area contributed by atoms with Gasteiger partial charge in [0.25, 0.3) is 0 Å². The van der Waals surface area contributed by atoms with Crippen molar-refractivity contribution in [1.82, 2.24) is 0 Å². The molecule has 0 bridgehead atoms. The molecule has 0 fully saturated rings. The number of thioether (sulfide) groups is 1. The zero-order valence-electron chi connectivity index (χ0n) is 10.4. The Kier molecular flexibility index (Phi) is 9.94. The SMILES string of the molecule is CC.CC.CSc1c(F)c(F)c(O)c(F)c1F. The second-order valence-corrected chi connectivity index (χ2v) is 2.95. The van der Waals surface area contributed by atoms with Gasteiger partial charge in [-0.2, -0.15) is 8.78 Å². The first-order chi connectivity index (χ1) is 8.00. The Labute approximate surface area is 103 Å². The third kappa shape index (κ3) is 4.11. The molecule has 0 aromatic heterocycles. The van der Waals surface area contributed by atoms with Crippen molar-refractivity contribution >= 4 is 11.8 Å². The van der Waals surface area contributed by atoms with E-state index < -0.39 is 33.9 Å². The first kappa shape index (κ1) is 18.5. The van der Waals surface area contributed by atoms with E-state index in [1.165, 1.54) is 6.26 Å². The number of benzene rings is 1. The smallest absolute Gasteiger partial charge is 0.204 e. The lowest BCUT2D eigenvalue weighted by Gasteiger charge is -2.05. The maximum atomic E-state index is 12.7. The van der Waals surface area contributed by atoms with Gasteiger partial charge < -0.3 is 5.11 Å². The molecule has 6 heteroatoms. The molecule has 0 aliphatic rings. The highest BCUT2D eigenvalue weighted by molar-refractivity contribution is 7.98. The van der Waals surface area contributed by atoms with Gasteiger partial charge in [-0.25, -0.2) is 8.78 Å². The molecule has 1 aromatic carbocycles. The van der Waals surface area contributed by atoms with Gasteiger partial charge in [0.15, 0.2) is 17.4 Å². The Morgan fingerprint density at radius 3 is 1.29 bits per heavy atom. The van der Waals surface area contributed by atoms with Crippen LogP contribution >= 0.6 is 11.8 Å². The fraction of sp³-hybridized carbons (Fsp3) is 0.455. The minimum absolute atomic E-state index is 0.518. The highest BCUT2D eigenvalue weighted by Gasteiger charge is 2.24. The van der Waals surface area contributed by atoms with E-state index in [4.69, 9.17) is 5.11 Å². The molecule has 1 N–H and O–H groups in total. The number of phenols is 1. The molecule has 100 valence electrons. The molecule has 0 atom stereocenters. The number of phenolic OH excluding ortho intramolecular Hbond substituents is 1. The summed E-state index contributed by atoms with van der Waals surface area (Å²) in [6, 6.07) is 0. The van der Waals surface area contributed by atoms with Crippen molar-refractivity contribution < 1.29 is 22.7 Å². The van der Waals surface area contributed by atoms with Crippen molar-refractivity contribution in [2.45, 2.75) is 32.6 Å². The van der Waals surface area contributed by atoms with Gasteiger partial charge in [-0.05, 0) is 6.26 Å². The highest BCUT2D eigenvalue weighted by Crippen LogP contribution is 2.33. The van der Waals surface area contributed by atoms with Crippen molar-refractivity contribution in [3.63, 3.8) is 0 Å². The second kappa shape index (κ2) is 9.15. The average molecular weight is 272 g/mol. The summed E-state index contributed by atoms with van der Waals surface area (Å²) < 4.78 is 50.6. The predicted octanol–water partition coefficient (Wildman–Crippen LogP) is 4.72. The molecule has 1 nitrogen and oxygen atoms in total. The van der Waals surface area contributed by atoms with Crippen LogP contribution in [0.1, 0.15) is 27.7 Å². The molecular formula is C11H16F4OS. The van der Waals surface area contributed by atoms with E-state index in [1.54, 1.807) is 0 Å². The lowest BCUT2D eigenvalue weighted by molar-refractivity contribution is 0.344. The van der Waals surface area contributed by atoms with E-state index in [0.717, 1.165) is 0 Å². The van der Waals surface area contributed by atoms with Gasteiger partial charge in [0, 0.05) is 0 Å². The number of halogens is 4. The van der Waals surface area contributed by atoms with E-state index in [2.05, 4.69) is 0 Å². The Balaban J connectivity index is 0. The predicted molar refractivity (Wildman–Crippen MR) is 62.4 cm³/mol. The summed E-state index contributed by atoms with van der Waals surface area (Å²) in [6.45, 7) is 8.00. The number of hydrogen-bond donors (Lipinski definition) is 1. The summed E-state index contributed by atoms with van der Waals surface area (Å²) in [5.41, 5.74) is 0. The molecule has 1 aromatic rings. The van der Waals surface area contributed by atoms with Crippen LogP contribution in [0.2, 0.25) is 0 Å². The van der Waals surface area contributed by atoms with E-state index in [0.29, 0.717) is 11.8 Å². The Morgan fingerprint density at radius 1 is 0.765 bits per heavy atom. The number of hydrogen-bond acceptors (Lipinski definition) is 2. The summed E-state index contributed by atoms with van der Waals surface area (Å²) in [4.78, 5) is -0.784. The first-order valence-electron chi connectivity index (χ1n) is 5.09. The van der Waals surface area contributed by atoms with Crippen LogP contribution in [-0.4, -0.2) is 11.4 Å². The van der Waals surface area contributed by atoms with E-state index in [-0.39, 0.29) is 0 Å². The van der Waals surface area contributed by atoms with Gasteiger partial charge in [-0.15, -0.1) is 11.8 Å². The first-order valence-corrected chi connectivity index (χ1v) is 6.32. The van der Waals surface area contributed by atoms with Gasteiger partial charge in [0.2, 0.25) is 11.6 Å². The molecule has 0 saturated carbocycles. The third-order valence-electron chi connectivity index (χ3n) is 1.40. The molecule has 0 unspecified atom stereocenters. The topological polar surface area (TPSA) is 20.2 Å². The van der Waals surface area contributed by atoms with Crippen LogP contribution in [0.4, 0.5) is 17.6 Å². The Hall–Kier alpha value is -0.910. The summed E-state index contributed by atoms with van der Waals surface area (Å²) in [6.07, 6.45) is 1.26. The molecule has 17 heavy (non-hydrogen) atoms. The van der Waals surface area contributed by atoms with Gasteiger partial charge in [0.1, 0.15) is 0 Å². The summed E-state index contributed by atoms with van der Waals surface area (Å²) in [5, 5.41) is 8.55. The van der Waals surface area contributed by atoms with Gasteiger partial charge in [0.05, 0.1) is 4.90 Å². The van der Waals surface area contributed by atoms with Gasteiger partial charge in [-0.1, -0.05) is 27.7 Å². The fourth-order valence-corrected chi connectivity index (χ4v) is 1.32. The van der Waals surface area contributed by atoms with Crippen molar-refractivity contribution in [2.75, 3.05) is 6.26 Å². The van der Waals surface area contributed by atoms with Crippen LogP contribution in [0.15, 0.2) is 4.90 Å². The maximum absolute atomic E-state index is 12.7. The van der Waals surface area contributed by atoms with E-state index in [1.807, 2.05) is 27.7 Å². The standard InChI is InChI=1S/C7H4F4OS.2C2H6/c1-13-7-4(10)2(8)6(12)3(9)5(7)11;2*1-2/h12H,1H3;2*1-2H3. The monoisotopic (exact) mass is 272 g/mol. The molecule has 0 aliphatic carbocycles. The van der Waals surface area contributed by atoms with Crippen LogP contribution in [-0.2, 0) is 0 Å². The zero-order valence-corrected chi connectivity index (χ0v) is 11.2. The van der Waals surface area contributed by atoms with E-state index in [9.17, 15) is 17.6 Å². The summed E-state index contributed by atoms with van der Waals surface area (Å²) in [5.74, 6) is -8.34. The number of rotatable bonds is 1. The van der Waals surface area contributed by atoms with Crippen molar-refractivity contribution in [1.29, 1.82) is 0 Å². The summed E-state index contributed by atoms with van der Waals surface area (Å²) >= 11 is 0.518.